The minimum atomic E-state index is -1.15. The Bertz CT molecular complexity index is 1780. The van der Waals surface area contributed by atoms with Crippen molar-refractivity contribution in [2.45, 2.75) is 31.5 Å². The van der Waals surface area contributed by atoms with E-state index in [9.17, 15) is 19.5 Å². The molecular weight excluding hydrogens is 558 g/mol. The number of para-hydroxylation sites is 1. The molecule has 5 aromatic rings. The van der Waals surface area contributed by atoms with Gasteiger partial charge in [-0.2, -0.15) is 0 Å². The molecule has 0 spiro atoms. The van der Waals surface area contributed by atoms with E-state index in [1.165, 1.54) is 4.57 Å². The van der Waals surface area contributed by atoms with Gasteiger partial charge in [-0.15, -0.1) is 0 Å². The van der Waals surface area contributed by atoms with Gasteiger partial charge in [-0.1, -0.05) is 42.5 Å². The monoisotopic (exact) mass is 591 g/mol. The van der Waals surface area contributed by atoms with E-state index >= 15 is 0 Å². The van der Waals surface area contributed by atoms with E-state index in [1.54, 1.807) is 24.8 Å². The van der Waals surface area contributed by atoms with Gasteiger partial charge < -0.3 is 29.6 Å². The van der Waals surface area contributed by atoms with Crippen LogP contribution in [0.4, 0.5) is 0 Å². The molecule has 10 nitrogen and oxygen atoms in total. The molecule has 0 unspecified atom stereocenters. The van der Waals surface area contributed by atoms with E-state index < -0.39 is 24.0 Å². The van der Waals surface area contributed by atoms with Crippen LogP contribution in [0.3, 0.4) is 0 Å². The lowest BCUT2D eigenvalue weighted by Crippen LogP contribution is -2.49. The smallest absolute Gasteiger partial charge is 0.327 e. The maximum atomic E-state index is 13.3. The number of rotatable bonds is 7. The van der Waals surface area contributed by atoms with Gasteiger partial charge in [0, 0.05) is 61.4 Å². The number of ether oxygens (including phenoxy) is 1. The van der Waals surface area contributed by atoms with E-state index in [0.717, 1.165) is 38.7 Å². The van der Waals surface area contributed by atoms with Crippen molar-refractivity contribution in [2.24, 2.45) is 0 Å². The predicted molar refractivity (Wildman–Crippen MR) is 166 cm³/mol. The Morgan fingerprint density at radius 2 is 1.68 bits per heavy atom. The van der Waals surface area contributed by atoms with E-state index in [0.29, 0.717) is 26.3 Å². The number of carbonyl (C=O) groups excluding carboxylic acids is 2. The Balaban J connectivity index is 1.18. The Labute approximate surface area is 254 Å². The number of amides is 2. The van der Waals surface area contributed by atoms with Crippen LogP contribution in [-0.2, 0) is 32.1 Å². The largest absolute Gasteiger partial charge is 0.480 e. The summed E-state index contributed by atoms with van der Waals surface area (Å²) >= 11 is 0. The van der Waals surface area contributed by atoms with Crippen molar-refractivity contribution in [3.8, 4) is 22.3 Å². The molecule has 0 aliphatic carbocycles. The molecule has 1 aliphatic rings. The second-order valence-corrected chi connectivity index (χ2v) is 10.8. The molecule has 0 fully saturated rings. The lowest BCUT2D eigenvalue weighted by atomic mass is 10.0. The van der Waals surface area contributed by atoms with Crippen LogP contribution in [0, 0.1) is 0 Å². The van der Waals surface area contributed by atoms with Gasteiger partial charge in [0.05, 0.1) is 19.6 Å². The van der Waals surface area contributed by atoms with Crippen molar-refractivity contribution >= 4 is 28.7 Å². The lowest BCUT2D eigenvalue weighted by Gasteiger charge is -2.21. The van der Waals surface area contributed by atoms with Crippen molar-refractivity contribution in [3.63, 3.8) is 0 Å². The maximum Gasteiger partial charge on any atom is 0.327 e. The first-order valence-corrected chi connectivity index (χ1v) is 14.6. The minimum Gasteiger partial charge on any atom is -0.480 e. The maximum absolute atomic E-state index is 13.3. The molecule has 0 saturated carbocycles. The summed E-state index contributed by atoms with van der Waals surface area (Å²) in [5, 5.41) is 16.7. The number of carboxylic acid groups (broad SMARTS) is 1. The third kappa shape index (κ3) is 6.40. The van der Waals surface area contributed by atoms with Crippen LogP contribution < -0.4 is 10.6 Å². The fourth-order valence-corrected chi connectivity index (χ4v) is 5.66. The predicted octanol–water partition coefficient (Wildman–Crippen LogP) is 4.06. The van der Waals surface area contributed by atoms with Gasteiger partial charge in [0.25, 0.3) is 0 Å². The molecule has 0 saturated heterocycles. The summed E-state index contributed by atoms with van der Waals surface area (Å²) in [6.07, 6.45) is 8.81. The third-order valence-corrected chi connectivity index (χ3v) is 7.94. The molecule has 2 amide bonds. The topological polar surface area (TPSA) is 127 Å². The highest BCUT2D eigenvalue weighted by Gasteiger charge is 2.28. The molecule has 2 bridgehead atoms. The Kier molecular flexibility index (Phi) is 8.51. The van der Waals surface area contributed by atoms with E-state index in [4.69, 9.17) is 4.74 Å². The average molecular weight is 592 g/mol. The summed E-state index contributed by atoms with van der Waals surface area (Å²) < 4.78 is 9.31. The molecule has 6 rings (SSSR count). The molecular formula is C34H33N5O5. The highest BCUT2D eigenvalue weighted by Crippen LogP contribution is 2.27. The molecule has 1 aliphatic heterocycles. The number of nitrogens with one attached hydrogen (secondary N) is 2. The molecule has 2 atom stereocenters. The third-order valence-electron chi connectivity index (χ3n) is 7.94. The summed E-state index contributed by atoms with van der Waals surface area (Å²) in [6.45, 7) is 1.84. The van der Waals surface area contributed by atoms with Crippen molar-refractivity contribution in [2.75, 3.05) is 19.8 Å². The van der Waals surface area contributed by atoms with Gasteiger partial charge in [-0.25, -0.2) is 4.79 Å². The second-order valence-electron chi connectivity index (χ2n) is 10.8. The van der Waals surface area contributed by atoms with Crippen LogP contribution >= 0.6 is 0 Å². The summed E-state index contributed by atoms with van der Waals surface area (Å²) in [4.78, 5) is 42.8. The van der Waals surface area contributed by atoms with Crippen molar-refractivity contribution in [3.05, 3.63) is 103 Å². The molecule has 10 heteroatoms. The first-order chi connectivity index (χ1) is 21.5. The fraction of sp³-hybridized carbons (Fsp3) is 0.235. The van der Waals surface area contributed by atoms with Crippen molar-refractivity contribution in [1.29, 1.82) is 0 Å². The van der Waals surface area contributed by atoms with E-state index in [1.807, 2.05) is 72.9 Å². The molecule has 44 heavy (non-hydrogen) atoms. The zero-order valence-electron chi connectivity index (χ0n) is 24.1. The first-order valence-electron chi connectivity index (χ1n) is 14.6. The number of pyridine rings is 1. The SMILES string of the molecule is O=C(C[C@H](C(=O)O)n1ccc(-c2ccc(-c3ccncc3)cc2)c1)N[C@H]1Cc2cn(c3ccccc23)CCOCCNC1=O. The highest BCUT2D eigenvalue weighted by atomic mass is 16.5. The number of carbonyl (C=O) groups is 3. The number of fused-ring (bicyclic) bond motifs is 5. The quantitative estimate of drug-likeness (QED) is 0.262. The van der Waals surface area contributed by atoms with Crippen LogP contribution in [0.5, 0.6) is 0 Å². The van der Waals surface area contributed by atoms with Gasteiger partial charge in [0.2, 0.25) is 11.8 Å². The summed E-state index contributed by atoms with van der Waals surface area (Å²) in [5.41, 5.74) is 5.79. The van der Waals surface area contributed by atoms with Gasteiger partial charge in [0.1, 0.15) is 12.1 Å². The summed E-state index contributed by atoms with van der Waals surface area (Å²) in [6, 6.07) is 19.5. The second kappa shape index (κ2) is 13.0. The number of hydrogen-bond donors (Lipinski definition) is 3. The van der Waals surface area contributed by atoms with Crippen LogP contribution in [0.25, 0.3) is 33.2 Å². The van der Waals surface area contributed by atoms with Gasteiger partial charge in [-0.3, -0.25) is 14.6 Å². The Morgan fingerprint density at radius 1 is 0.955 bits per heavy atom. The van der Waals surface area contributed by atoms with Crippen LogP contribution in [0.15, 0.2) is 97.7 Å². The number of hydrogen-bond acceptors (Lipinski definition) is 5. The highest BCUT2D eigenvalue weighted by molar-refractivity contribution is 5.91. The molecule has 2 aromatic carbocycles. The molecule has 0 radical (unpaired) electrons. The van der Waals surface area contributed by atoms with Crippen LogP contribution in [0.2, 0.25) is 0 Å². The van der Waals surface area contributed by atoms with Crippen molar-refractivity contribution < 1.29 is 24.2 Å². The number of nitrogens with zero attached hydrogens (tertiary/aromatic N) is 3. The van der Waals surface area contributed by atoms with E-state index in [-0.39, 0.29) is 18.7 Å². The number of aromatic nitrogens is 3. The zero-order valence-corrected chi connectivity index (χ0v) is 24.1. The minimum absolute atomic E-state index is 0.271. The zero-order chi connectivity index (χ0) is 30.5. The molecule has 224 valence electrons. The van der Waals surface area contributed by atoms with Crippen molar-refractivity contribution in [1.82, 2.24) is 24.8 Å². The summed E-state index contributed by atoms with van der Waals surface area (Å²) in [5.74, 6) is -2.01. The Hall–Kier alpha value is -5.22. The molecule has 3 aromatic heterocycles. The van der Waals surface area contributed by atoms with Gasteiger partial charge in [-0.05, 0) is 52.1 Å². The van der Waals surface area contributed by atoms with Crippen LogP contribution in [-0.4, -0.2) is 62.8 Å². The molecule has 4 heterocycles. The number of benzene rings is 2. The Morgan fingerprint density at radius 3 is 2.45 bits per heavy atom. The lowest BCUT2D eigenvalue weighted by molar-refractivity contribution is -0.143. The fourth-order valence-electron chi connectivity index (χ4n) is 5.66. The van der Waals surface area contributed by atoms with Gasteiger partial charge in [0.15, 0.2) is 0 Å². The molecule has 3 N–H and O–H groups in total. The number of aliphatic carboxylic acids is 1. The first kappa shape index (κ1) is 28.9. The van der Waals surface area contributed by atoms with Gasteiger partial charge >= 0.3 is 5.97 Å². The summed E-state index contributed by atoms with van der Waals surface area (Å²) in [7, 11) is 0. The van der Waals surface area contributed by atoms with E-state index in [2.05, 4.69) is 20.2 Å². The normalized spacial score (nSPS) is 16.4. The average Bonchev–Trinajstić information content (AvgIpc) is 3.66. The standard InChI is InChI=1S/C34H33N5O5/c40-32(37-29-19-27-22-39(30-4-2-1-3-28(27)30)16-18-44-17-14-36-33(29)41)20-31(34(42)43)38-15-11-26(21-38)24-7-5-23(6-8-24)25-9-12-35-13-10-25/h1-13,15,21-22,29,31H,14,16-20H2,(H,36,41)(H,37,40)(H,42,43)/t29-,31+/m0/s1. The van der Waals surface area contributed by atoms with Crippen LogP contribution in [0.1, 0.15) is 18.0 Å². The number of carboxylic acids is 1.